The molecule has 0 radical (unpaired) electrons. The molecule has 0 spiro atoms. The van der Waals surface area contributed by atoms with Gasteiger partial charge in [-0.1, -0.05) is 17.7 Å². The van der Waals surface area contributed by atoms with Gasteiger partial charge in [0.1, 0.15) is 17.7 Å². The van der Waals surface area contributed by atoms with Crippen LogP contribution in [0.4, 0.5) is 19.3 Å². The Labute approximate surface area is 170 Å². The van der Waals surface area contributed by atoms with E-state index in [-0.39, 0.29) is 35.3 Å². The first kappa shape index (κ1) is 19.3. The fourth-order valence-corrected chi connectivity index (χ4v) is 3.87. The van der Waals surface area contributed by atoms with Crippen molar-refractivity contribution in [2.75, 3.05) is 11.4 Å². The molecule has 4 amide bonds. The molecule has 29 heavy (non-hydrogen) atoms. The predicted molar refractivity (Wildman–Crippen MR) is 102 cm³/mol. The van der Waals surface area contributed by atoms with E-state index in [0.717, 1.165) is 17.0 Å². The Bertz CT molecular complexity index is 1020. The van der Waals surface area contributed by atoms with Crippen LogP contribution >= 0.6 is 11.6 Å². The number of urea groups is 1. The summed E-state index contributed by atoms with van der Waals surface area (Å²) >= 11 is 5.72. The standard InChI is InChI=1S/C20H16ClF2N3O3/c21-15-8-11(4-5-16(15)23)18(27)24-13-6-7-25-17(10-13)19(28)26(20(25)29)14-3-1-2-12(22)9-14/h1-5,8-9,13,17H,6-7,10H2,(H,24,27)/t13-,17-/m0/s1. The molecule has 6 nitrogen and oxygen atoms in total. The average molecular weight is 420 g/mol. The van der Waals surface area contributed by atoms with Crippen molar-refractivity contribution >= 4 is 35.1 Å². The summed E-state index contributed by atoms with van der Waals surface area (Å²) in [6.45, 7) is 0.274. The minimum atomic E-state index is -0.735. The van der Waals surface area contributed by atoms with Gasteiger partial charge >= 0.3 is 6.03 Å². The predicted octanol–water partition coefficient (Wildman–Crippen LogP) is 3.35. The van der Waals surface area contributed by atoms with Crippen LogP contribution in [0.15, 0.2) is 42.5 Å². The van der Waals surface area contributed by atoms with Crippen molar-refractivity contribution in [3.8, 4) is 0 Å². The smallest absolute Gasteiger partial charge is 0.332 e. The molecule has 0 bridgehead atoms. The molecular weight excluding hydrogens is 404 g/mol. The van der Waals surface area contributed by atoms with Crippen LogP contribution in [0, 0.1) is 11.6 Å². The van der Waals surface area contributed by atoms with Crippen molar-refractivity contribution in [1.29, 1.82) is 0 Å². The van der Waals surface area contributed by atoms with Crippen LogP contribution in [-0.2, 0) is 4.79 Å². The Balaban J connectivity index is 1.48. The highest BCUT2D eigenvalue weighted by Crippen LogP contribution is 2.31. The van der Waals surface area contributed by atoms with Crippen LogP contribution in [0.3, 0.4) is 0 Å². The van der Waals surface area contributed by atoms with E-state index in [4.69, 9.17) is 11.6 Å². The Morgan fingerprint density at radius 2 is 1.93 bits per heavy atom. The summed E-state index contributed by atoms with van der Waals surface area (Å²) in [6, 6.07) is 7.36. The second-order valence-electron chi connectivity index (χ2n) is 6.97. The summed E-state index contributed by atoms with van der Waals surface area (Å²) in [5.41, 5.74) is 0.380. The van der Waals surface area contributed by atoms with Gasteiger partial charge in [0, 0.05) is 18.2 Å². The molecule has 2 aromatic carbocycles. The molecular formula is C20H16ClF2N3O3. The number of imide groups is 1. The number of hydrogen-bond acceptors (Lipinski definition) is 3. The lowest BCUT2D eigenvalue weighted by atomic mass is 9.97. The van der Waals surface area contributed by atoms with Crippen LogP contribution in [0.25, 0.3) is 0 Å². The van der Waals surface area contributed by atoms with E-state index in [0.29, 0.717) is 6.42 Å². The molecule has 2 fully saturated rings. The fraction of sp³-hybridized carbons (Fsp3) is 0.250. The van der Waals surface area contributed by atoms with Gasteiger partial charge in [-0.05, 0) is 49.2 Å². The average Bonchev–Trinajstić information content (AvgIpc) is 2.94. The maximum Gasteiger partial charge on any atom is 0.332 e. The van der Waals surface area contributed by atoms with E-state index in [1.165, 1.54) is 35.2 Å². The molecule has 0 unspecified atom stereocenters. The Hall–Kier alpha value is -3.00. The highest BCUT2D eigenvalue weighted by Gasteiger charge is 2.48. The molecule has 1 N–H and O–H groups in total. The van der Waals surface area contributed by atoms with Crippen LogP contribution in [0.5, 0.6) is 0 Å². The third kappa shape index (κ3) is 3.55. The number of nitrogens with one attached hydrogen (secondary N) is 1. The Morgan fingerprint density at radius 1 is 1.14 bits per heavy atom. The molecule has 2 saturated heterocycles. The zero-order valence-corrected chi connectivity index (χ0v) is 15.8. The number of amides is 4. The Kier molecular flexibility index (Phi) is 4.96. The summed E-state index contributed by atoms with van der Waals surface area (Å²) < 4.78 is 26.8. The van der Waals surface area contributed by atoms with Gasteiger partial charge in [-0.25, -0.2) is 18.5 Å². The van der Waals surface area contributed by atoms with Gasteiger partial charge in [0.25, 0.3) is 11.8 Å². The lowest BCUT2D eigenvalue weighted by molar-refractivity contribution is -0.120. The normalized spacial score (nSPS) is 21.3. The largest absolute Gasteiger partial charge is 0.349 e. The van der Waals surface area contributed by atoms with E-state index in [1.807, 2.05) is 0 Å². The second kappa shape index (κ2) is 7.44. The summed E-state index contributed by atoms with van der Waals surface area (Å²) in [6.07, 6.45) is 0.685. The number of fused-ring (bicyclic) bond motifs is 1. The monoisotopic (exact) mass is 419 g/mol. The summed E-state index contributed by atoms with van der Waals surface area (Å²) in [7, 11) is 0. The zero-order valence-electron chi connectivity index (χ0n) is 15.1. The molecule has 2 aliphatic heterocycles. The number of halogens is 3. The van der Waals surface area contributed by atoms with E-state index in [2.05, 4.69) is 5.32 Å². The van der Waals surface area contributed by atoms with Gasteiger partial charge in [0.05, 0.1) is 10.7 Å². The minimum Gasteiger partial charge on any atom is -0.349 e. The third-order valence-electron chi connectivity index (χ3n) is 5.13. The minimum absolute atomic E-state index is 0.158. The number of rotatable bonds is 3. The van der Waals surface area contributed by atoms with E-state index >= 15 is 0 Å². The van der Waals surface area contributed by atoms with Gasteiger partial charge in [-0.3, -0.25) is 9.59 Å². The first-order valence-electron chi connectivity index (χ1n) is 9.01. The van der Waals surface area contributed by atoms with Gasteiger partial charge in [0.2, 0.25) is 0 Å². The van der Waals surface area contributed by atoms with Crippen molar-refractivity contribution in [2.45, 2.75) is 24.9 Å². The number of anilines is 1. The highest BCUT2D eigenvalue weighted by atomic mass is 35.5. The molecule has 2 atom stereocenters. The first-order chi connectivity index (χ1) is 13.8. The van der Waals surface area contributed by atoms with Crippen molar-refractivity contribution in [3.63, 3.8) is 0 Å². The third-order valence-corrected chi connectivity index (χ3v) is 5.42. The Morgan fingerprint density at radius 3 is 2.66 bits per heavy atom. The summed E-state index contributed by atoms with van der Waals surface area (Å²) in [5, 5.41) is 2.65. The van der Waals surface area contributed by atoms with Gasteiger partial charge in [-0.2, -0.15) is 0 Å². The van der Waals surface area contributed by atoms with E-state index < -0.39 is 35.5 Å². The SMILES string of the molecule is O=C(N[C@H]1CCN2C(=O)N(c3cccc(F)c3)C(=O)[C@@H]2C1)c1ccc(F)c(Cl)c1. The molecule has 2 heterocycles. The van der Waals surface area contributed by atoms with Gasteiger partial charge in [-0.15, -0.1) is 0 Å². The van der Waals surface area contributed by atoms with E-state index in [1.54, 1.807) is 0 Å². The second-order valence-corrected chi connectivity index (χ2v) is 7.38. The maximum atomic E-state index is 13.5. The van der Waals surface area contributed by atoms with Crippen LogP contribution in [-0.4, -0.2) is 41.4 Å². The fourth-order valence-electron chi connectivity index (χ4n) is 3.69. The van der Waals surface area contributed by atoms with Crippen LogP contribution in [0.2, 0.25) is 5.02 Å². The molecule has 0 aromatic heterocycles. The lowest BCUT2D eigenvalue weighted by Crippen LogP contribution is -2.49. The van der Waals surface area contributed by atoms with Crippen molar-refractivity contribution in [2.24, 2.45) is 0 Å². The number of benzene rings is 2. The molecule has 9 heteroatoms. The maximum absolute atomic E-state index is 13.5. The molecule has 4 rings (SSSR count). The lowest BCUT2D eigenvalue weighted by Gasteiger charge is -2.32. The molecule has 2 aromatic rings. The van der Waals surface area contributed by atoms with E-state index in [9.17, 15) is 23.2 Å². The molecule has 0 aliphatic carbocycles. The number of carbonyl (C=O) groups is 3. The topological polar surface area (TPSA) is 69.7 Å². The van der Waals surface area contributed by atoms with Gasteiger partial charge < -0.3 is 10.2 Å². The number of nitrogens with zero attached hydrogens (tertiary/aromatic N) is 2. The van der Waals surface area contributed by atoms with Crippen LogP contribution < -0.4 is 10.2 Å². The number of hydrogen-bond donors (Lipinski definition) is 1. The number of piperidine rings is 1. The molecule has 2 aliphatic rings. The quantitative estimate of drug-likeness (QED) is 0.776. The van der Waals surface area contributed by atoms with Crippen molar-refractivity contribution in [3.05, 3.63) is 64.7 Å². The van der Waals surface area contributed by atoms with Crippen molar-refractivity contribution < 1.29 is 23.2 Å². The summed E-state index contributed by atoms with van der Waals surface area (Å²) in [5.74, 6) is -2.06. The number of carbonyl (C=O) groups excluding carboxylic acids is 3. The van der Waals surface area contributed by atoms with Crippen molar-refractivity contribution in [1.82, 2.24) is 10.2 Å². The molecule has 150 valence electrons. The van der Waals surface area contributed by atoms with Crippen LogP contribution in [0.1, 0.15) is 23.2 Å². The highest BCUT2D eigenvalue weighted by molar-refractivity contribution is 6.31. The first-order valence-corrected chi connectivity index (χ1v) is 9.39. The zero-order chi connectivity index (χ0) is 20.7. The summed E-state index contributed by atoms with van der Waals surface area (Å²) in [4.78, 5) is 40.3. The molecule has 0 saturated carbocycles. The van der Waals surface area contributed by atoms with Gasteiger partial charge in [0.15, 0.2) is 0 Å².